The van der Waals surface area contributed by atoms with Crippen molar-refractivity contribution in [2.75, 3.05) is 13.2 Å². The van der Waals surface area contributed by atoms with E-state index in [0.717, 1.165) is 5.57 Å². The van der Waals surface area contributed by atoms with Gasteiger partial charge in [0.2, 0.25) is 8.32 Å². The molecular formula is C27H47BrO5Si. The molecule has 0 aliphatic carbocycles. The van der Waals surface area contributed by atoms with Gasteiger partial charge in [0.25, 0.3) is 0 Å². The summed E-state index contributed by atoms with van der Waals surface area (Å²) in [6.45, 7) is 24.6. The van der Waals surface area contributed by atoms with Crippen LogP contribution in [-0.2, 0) is 23.4 Å². The summed E-state index contributed by atoms with van der Waals surface area (Å²) in [6.07, 6.45) is 4.10. The zero-order valence-electron chi connectivity index (χ0n) is 23.1. The third kappa shape index (κ3) is 5.91. The molecule has 0 saturated carbocycles. The van der Waals surface area contributed by atoms with Crippen LogP contribution in [0.1, 0.15) is 76.2 Å². The van der Waals surface area contributed by atoms with Gasteiger partial charge >= 0.3 is 5.97 Å². The van der Waals surface area contributed by atoms with Crippen LogP contribution in [0.4, 0.5) is 0 Å². The molecule has 2 bridgehead atoms. The van der Waals surface area contributed by atoms with Crippen molar-refractivity contribution >= 4 is 30.2 Å². The molecule has 2 aliphatic rings. The Bertz CT molecular complexity index is 755. The molecule has 4 unspecified atom stereocenters. The fraction of sp³-hybridized carbons (Fsp3) is 0.815. The average Bonchev–Trinajstić information content (AvgIpc) is 2.73. The van der Waals surface area contributed by atoms with Crippen LogP contribution in [0.5, 0.6) is 0 Å². The molecule has 7 heteroatoms. The number of esters is 1. The number of carbonyl (C=O) groups is 1. The van der Waals surface area contributed by atoms with E-state index in [1.165, 1.54) is 0 Å². The second kappa shape index (κ2) is 11.7. The topological polar surface area (TPSA) is 54.0 Å². The van der Waals surface area contributed by atoms with E-state index in [-0.39, 0.29) is 34.8 Å². The Balaban J connectivity index is 2.31. The minimum atomic E-state index is -2.03. The average molecular weight is 560 g/mol. The fourth-order valence-electron chi connectivity index (χ4n) is 6.16. The largest absolute Gasteiger partial charge is 0.463 e. The fourth-order valence-corrected chi connectivity index (χ4v) is 12.5. The summed E-state index contributed by atoms with van der Waals surface area (Å²) in [6, 6.07) is 0. The van der Waals surface area contributed by atoms with Crippen LogP contribution in [0.15, 0.2) is 23.3 Å². The number of rotatable bonds is 10. The second-order valence-corrected chi connectivity index (χ2v) is 17.7. The number of hydrogen-bond donors (Lipinski definition) is 0. The Morgan fingerprint density at radius 1 is 1.15 bits per heavy atom. The maximum atomic E-state index is 12.2. The van der Waals surface area contributed by atoms with E-state index in [1.807, 2.05) is 19.9 Å². The van der Waals surface area contributed by atoms with E-state index in [0.29, 0.717) is 35.4 Å². The maximum Gasteiger partial charge on any atom is 0.333 e. The lowest BCUT2D eigenvalue weighted by molar-refractivity contribution is -0.318. The molecule has 0 aromatic carbocycles. The molecule has 2 rings (SSSR count). The van der Waals surface area contributed by atoms with Crippen molar-refractivity contribution in [2.24, 2.45) is 11.8 Å². The minimum absolute atomic E-state index is 0.0199. The van der Waals surface area contributed by atoms with Gasteiger partial charge in [0.1, 0.15) is 0 Å². The SMILES string of the molecule is CCOC(=O)/C(C)=C/[C@@H](C)C1OC2(C)OC(C1C)[C@H](Br)C=C2CO[Si](C(C)C)(C(C)C)C(C)C. The first kappa shape index (κ1) is 29.8. The Labute approximate surface area is 217 Å². The zero-order chi connectivity index (χ0) is 26.0. The van der Waals surface area contributed by atoms with Gasteiger partial charge < -0.3 is 18.6 Å². The molecule has 34 heavy (non-hydrogen) atoms. The van der Waals surface area contributed by atoms with Gasteiger partial charge in [0.15, 0.2) is 5.79 Å². The van der Waals surface area contributed by atoms with E-state index >= 15 is 0 Å². The molecule has 0 N–H and O–H groups in total. The lowest BCUT2D eigenvalue weighted by atomic mass is 9.82. The smallest absolute Gasteiger partial charge is 0.333 e. The highest BCUT2D eigenvalue weighted by atomic mass is 79.9. The van der Waals surface area contributed by atoms with Crippen molar-refractivity contribution in [3.63, 3.8) is 0 Å². The predicted octanol–water partition coefficient (Wildman–Crippen LogP) is 7.16. The predicted molar refractivity (Wildman–Crippen MR) is 145 cm³/mol. The van der Waals surface area contributed by atoms with Crippen LogP contribution in [-0.4, -0.2) is 50.3 Å². The van der Waals surface area contributed by atoms with E-state index in [9.17, 15) is 4.79 Å². The lowest BCUT2D eigenvalue weighted by Gasteiger charge is -2.53. The minimum Gasteiger partial charge on any atom is -0.463 e. The Kier molecular flexibility index (Phi) is 10.3. The number of carbonyl (C=O) groups excluding carboxylic acids is 1. The van der Waals surface area contributed by atoms with Crippen LogP contribution >= 0.6 is 15.9 Å². The van der Waals surface area contributed by atoms with Gasteiger partial charge in [0, 0.05) is 23.0 Å². The number of hydrogen-bond acceptors (Lipinski definition) is 5. The van der Waals surface area contributed by atoms with Crippen molar-refractivity contribution in [2.45, 2.75) is 116 Å². The summed E-state index contributed by atoms with van der Waals surface area (Å²) >= 11 is 3.87. The molecule has 1 saturated heterocycles. The van der Waals surface area contributed by atoms with Gasteiger partial charge in [-0.1, -0.05) is 83.5 Å². The summed E-state index contributed by atoms with van der Waals surface area (Å²) < 4.78 is 25.3. The molecule has 0 amide bonds. The molecule has 0 spiro atoms. The molecule has 5 nitrogen and oxygen atoms in total. The number of halogens is 1. The van der Waals surface area contributed by atoms with Crippen molar-refractivity contribution in [1.82, 2.24) is 0 Å². The molecule has 2 heterocycles. The number of alkyl halides is 1. The number of ether oxygens (including phenoxy) is 3. The molecule has 0 aromatic rings. The summed E-state index contributed by atoms with van der Waals surface area (Å²) in [4.78, 5) is 12.2. The summed E-state index contributed by atoms with van der Waals surface area (Å²) in [5, 5.41) is 0. The third-order valence-electron chi connectivity index (χ3n) is 7.83. The van der Waals surface area contributed by atoms with E-state index in [2.05, 4.69) is 77.4 Å². The van der Waals surface area contributed by atoms with Gasteiger partial charge in [-0.25, -0.2) is 4.79 Å². The second-order valence-electron chi connectivity index (χ2n) is 11.1. The molecule has 0 aromatic heterocycles. The molecule has 196 valence electrons. The van der Waals surface area contributed by atoms with Crippen LogP contribution in [0.2, 0.25) is 16.6 Å². The molecular weight excluding hydrogens is 512 g/mol. The van der Waals surface area contributed by atoms with E-state index in [4.69, 9.17) is 18.6 Å². The maximum absolute atomic E-state index is 12.2. The Morgan fingerprint density at radius 2 is 1.71 bits per heavy atom. The molecule has 0 radical (unpaired) electrons. The quantitative estimate of drug-likeness (QED) is 0.0935. The standard InChI is InChI=1S/C27H47BrO5Si/c1-12-30-26(29)20(9)13-19(8)24-21(10)25-23(28)14-22(27(11,32-24)33-25)15-31-34(16(2)3,17(4)5)18(6)7/h13-14,16-19,21,23-25H,12,15H2,1-11H3/b20-13+/t19-,21?,23-,24?,25?,27?/m1/s1. The first-order valence-corrected chi connectivity index (χ1v) is 16.0. The van der Waals surface area contributed by atoms with Gasteiger partial charge in [-0.05, 0) is 37.4 Å². The normalized spacial score (nSPS) is 31.1. The van der Waals surface area contributed by atoms with Gasteiger partial charge in [-0.3, -0.25) is 0 Å². The van der Waals surface area contributed by atoms with Gasteiger partial charge in [0.05, 0.1) is 30.2 Å². The van der Waals surface area contributed by atoms with E-state index in [1.54, 1.807) is 6.92 Å². The highest BCUT2D eigenvalue weighted by Crippen LogP contribution is 2.47. The van der Waals surface area contributed by atoms with Gasteiger partial charge in [-0.15, -0.1) is 0 Å². The van der Waals surface area contributed by atoms with Crippen molar-refractivity contribution in [1.29, 1.82) is 0 Å². The van der Waals surface area contributed by atoms with Crippen LogP contribution in [0, 0.1) is 11.8 Å². The summed E-state index contributed by atoms with van der Waals surface area (Å²) in [5.74, 6) is -0.949. The Morgan fingerprint density at radius 3 is 2.21 bits per heavy atom. The van der Waals surface area contributed by atoms with E-state index < -0.39 is 14.1 Å². The summed E-state index contributed by atoms with van der Waals surface area (Å²) in [7, 11) is -2.03. The van der Waals surface area contributed by atoms with Crippen molar-refractivity contribution < 1.29 is 23.4 Å². The first-order valence-electron chi connectivity index (χ1n) is 12.9. The van der Waals surface area contributed by atoms with Gasteiger partial charge in [-0.2, -0.15) is 0 Å². The third-order valence-corrected chi connectivity index (χ3v) is 14.7. The first-order chi connectivity index (χ1) is 15.7. The van der Waals surface area contributed by atoms with Crippen LogP contribution < -0.4 is 0 Å². The lowest BCUT2D eigenvalue weighted by Crippen LogP contribution is -2.60. The van der Waals surface area contributed by atoms with Crippen LogP contribution in [0.25, 0.3) is 0 Å². The van der Waals surface area contributed by atoms with Crippen LogP contribution in [0.3, 0.4) is 0 Å². The molecule has 1 fully saturated rings. The molecule has 6 atom stereocenters. The highest BCUT2D eigenvalue weighted by molar-refractivity contribution is 9.09. The highest BCUT2D eigenvalue weighted by Gasteiger charge is 2.53. The van der Waals surface area contributed by atoms with Crippen molar-refractivity contribution in [3.8, 4) is 0 Å². The Hall–Kier alpha value is -0.473. The monoisotopic (exact) mass is 558 g/mol. The summed E-state index contributed by atoms with van der Waals surface area (Å²) in [5.41, 5.74) is 3.18. The van der Waals surface area contributed by atoms with Crippen molar-refractivity contribution in [3.05, 3.63) is 23.3 Å². The zero-order valence-corrected chi connectivity index (χ0v) is 25.7. The molecule has 2 aliphatic heterocycles. The number of fused-ring (bicyclic) bond motifs is 2.